The fraction of sp³-hybridized carbons (Fsp3) is 0.818. The average molecular weight is 167 g/mol. The zero-order chi connectivity index (χ0) is 9.23. The minimum absolute atomic E-state index is 0.621. The normalized spacial score (nSPS) is 10.2. The van der Waals surface area contributed by atoms with Crippen molar-refractivity contribution in [3.63, 3.8) is 0 Å². The molecule has 0 aliphatic heterocycles. The van der Waals surface area contributed by atoms with Crippen molar-refractivity contribution in [1.82, 2.24) is 5.32 Å². The molecular formula is C11H21N. The van der Waals surface area contributed by atoms with E-state index in [9.17, 15) is 0 Å². The van der Waals surface area contributed by atoms with E-state index in [1.807, 2.05) is 0 Å². The summed E-state index contributed by atoms with van der Waals surface area (Å²) in [4.78, 5) is 0. The summed E-state index contributed by atoms with van der Waals surface area (Å²) >= 11 is 0. The molecule has 1 nitrogen and oxygen atoms in total. The number of rotatable bonds is 7. The molecule has 0 amide bonds. The summed E-state index contributed by atoms with van der Waals surface area (Å²) in [5.74, 6) is 2.66. The molecule has 70 valence electrons. The van der Waals surface area contributed by atoms with Crippen molar-refractivity contribution < 1.29 is 0 Å². The van der Waals surface area contributed by atoms with E-state index in [-0.39, 0.29) is 0 Å². The molecule has 0 radical (unpaired) electrons. The highest BCUT2D eigenvalue weighted by Gasteiger charge is 1.91. The van der Waals surface area contributed by atoms with E-state index < -0.39 is 0 Å². The van der Waals surface area contributed by atoms with Gasteiger partial charge in [0.25, 0.3) is 0 Å². The highest BCUT2D eigenvalue weighted by atomic mass is 14.9. The molecule has 0 aromatic heterocycles. The molecule has 0 aliphatic carbocycles. The molecule has 0 bridgehead atoms. The Morgan fingerprint density at radius 1 is 1.17 bits per heavy atom. The van der Waals surface area contributed by atoms with Crippen LogP contribution in [0.25, 0.3) is 0 Å². The smallest absolute Gasteiger partial charge is 0.00860 e. The minimum Gasteiger partial charge on any atom is -0.315 e. The number of hydrogen-bond donors (Lipinski definition) is 1. The number of terminal acetylenes is 1. The molecule has 12 heavy (non-hydrogen) atoms. The SMILES string of the molecule is C#CCCCCCCNC(C)C. The predicted octanol–water partition coefficient (Wildman–Crippen LogP) is 2.57. The lowest BCUT2D eigenvalue weighted by Crippen LogP contribution is -2.23. The third kappa shape index (κ3) is 9.52. The molecule has 1 heteroatoms. The average Bonchev–Trinajstić information content (AvgIpc) is 2.02. The van der Waals surface area contributed by atoms with E-state index in [0.717, 1.165) is 13.0 Å². The molecule has 1 N–H and O–H groups in total. The lowest BCUT2D eigenvalue weighted by molar-refractivity contribution is 0.543. The summed E-state index contributed by atoms with van der Waals surface area (Å²) in [6, 6.07) is 0.621. The highest BCUT2D eigenvalue weighted by molar-refractivity contribution is 4.82. The molecule has 0 saturated carbocycles. The Balaban J connectivity index is 2.87. The van der Waals surface area contributed by atoms with E-state index in [1.54, 1.807) is 0 Å². The van der Waals surface area contributed by atoms with Gasteiger partial charge in [0, 0.05) is 12.5 Å². The van der Waals surface area contributed by atoms with Gasteiger partial charge in [-0.2, -0.15) is 0 Å². The Kier molecular flexibility index (Phi) is 8.27. The second-order valence-corrected chi connectivity index (χ2v) is 3.48. The maximum absolute atomic E-state index is 5.15. The molecule has 0 atom stereocenters. The molecule has 0 fully saturated rings. The van der Waals surface area contributed by atoms with Crippen LogP contribution in [-0.4, -0.2) is 12.6 Å². The molecule has 0 aromatic rings. The van der Waals surface area contributed by atoms with Crippen molar-refractivity contribution in [3.05, 3.63) is 0 Å². The lowest BCUT2D eigenvalue weighted by Gasteiger charge is -2.06. The van der Waals surface area contributed by atoms with Gasteiger partial charge in [-0.25, -0.2) is 0 Å². The van der Waals surface area contributed by atoms with Crippen molar-refractivity contribution in [2.45, 2.75) is 52.0 Å². The minimum atomic E-state index is 0.621. The Morgan fingerprint density at radius 2 is 1.83 bits per heavy atom. The van der Waals surface area contributed by atoms with Crippen LogP contribution in [0, 0.1) is 12.3 Å². The van der Waals surface area contributed by atoms with Gasteiger partial charge in [0.1, 0.15) is 0 Å². The summed E-state index contributed by atoms with van der Waals surface area (Å²) < 4.78 is 0. The summed E-state index contributed by atoms with van der Waals surface area (Å²) in [5.41, 5.74) is 0. The van der Waals surface area contributed by atoms with E-state index in [1.165, 1.54) is 25.7 Å². The van der Waals surface area contributed by atoms with Gasteiger partial charge < -0.3 is 5.32 Å². The molecule has 0 aromatic carbocycles. The van der Waals surface area contributed by atoms with Crippen LogP contribution >= 0.6 is 0 Å². The highest BCUT2D eigenvalue weighted by Crippen LogP contribution is 2.01. The number of hydrogen-bond acceptors (Lipinski definition) is 1. The second-order valence-electron chi connectivity index (χ2n) is 3.48. The Bertz CT molecular complexity index is 121. The monoisotopic (exact) mass is 167 g/mol. The summed E-state index contributed by atoms with van der Waals surface area (Å²) in [6.45, 7) is 5.50. The number of unbranched alkanes of at least 4 members (excludes halogenated alkanes) is 4. The molecule has 0 rings (SSSR count). The van der Waals surface area contributed by atoms with Crippen LogP contribution in [0.15, 0.2) is 0 Å². The van der Waals surface area contributed by atoms with Crippen LogP contribution in [0.4, 0.5) is 0 Å². The van der Waals surface area contributed by atoms with E-state index in [4.69, 9.17) is 6.42 Å². The van der Waals surface area contributed by atoms with E-state index in [2.05, 4.69) is 25.1 Å². The first-order valence-corrected chi connectivity index (χ1v) is 4.94. The van der Waals surface area contributed by atoms with E-state index in [0.29, 0.717) is 6.04 Å². The van der Waals surface area contributed by atoms with Gasteiger partial charge in [0.2, 0.25) is 0 Å². The van der Waals surface area contributed by atoms with Gasteiger partial charge in [0.05, 0.1) is 0 Å². The summed E-state index contributed by atoms with van der Waals surface area (Å²) in [5, 5.41) is 3.40. The van der Waals surface area contributed by atoms with Crippen molar-refractivity contribution in [3.8, 4) is 12.3 Å². The van der Waals surface area contributed by atoms with Crippen LogP contribution in [0.5, 0.6) is 0 Å². The maximum atomic E-state index is 5.15. The van der Waals surface area contributed by atoms with Gasteiger partial charge in [-0.3, -0.25) is 0 Å². The van der Waals surface area contributed by atoms with E-state index >= 15 is 0 Å². The number of nitrogens with one attached hydrogen (secondary N) is 1. The van der Waals surface area contributed by atoms with Gasteiger partial charge in [-0.1, -0.05) is 26.7 Å². The quantitative estimate of drug-likeness (QED) is 0.454. The van der Waals surface area contributed by atoms with Crippen molar-refractivity contribution >= 4 is 0 Å². The molecular weight excluding hydrogens is 146 g/mol. The maximum Gasteiger partial charge on any atom is 0.00860 e. The zero-order valence-corrected chi connectivity index (χ0v) is 8.40. The molecule has 0 saturated heterocycles. The summed E-state index contributed by atoms with van der Waals surface area (Å²) in [7, 11) is 0. The third-order valence-corrected chi connectivity index (χ3v) is 1.80. The van der Waals surface area contributed by atoms with Crippen molar-refractivity contribution in [2.75, 3.05) is 6.54 Å². The standard InChI is InChI=1S/C11H21N/c1-4-5-6-7-8-9-10-12-11(2)3/h1,11-12H,5-10H2,2-3H3. The van der Waals surface area contributed by atoms with Crippen LogP contribution in [0.1, 0.15) is 46.0 Å². The van der Waals surface area contributed by atoms with Crippen LogP contribution in [-0.2, 0) is 0 Å². The van der Waals surface area contributed by atoms with Gasteiger partial charge in [-0.05, 0) is 19.4 Å². The van der Waals surface area contributed by atoms with Crippen LogP contribution in [0.3, 0.4) is 0 Å². The zero-order valence-electron chi connectivity index (χ0n) is 8.40. The molecule has 0 spiro atoms. The van der Waals surface area contributed by atoms with Crippen molar-refractivity contribution in [2.24, 2.45) is 0 Å². The fourth-order valence-electron chi connectivity index (χ4n) is 1.10. The topological polar surface area (TPSA) is 12.0 Å². The van der Waals surface area contributed by atoms with Gasteiger partial charge in [-0.15, -0.1) is 12.3 Å². The van der Waals surface area contributed by atoms with Gasteiger partial charge >= 0.3 is 0 Å². The molecule has 0 unspecified atom stereocenters. The Hall–Kier alpha value is -0.480. The first-order chi connectivity index (χ1) is 5.77. The lowest BCUT2D eigenvalue weighted by atomic mass is 10.1. The third-order valence-electron chi connectivity index (χ3n) is 1.80. The molecule has 0 aliphatic rings. The van der Waals surface area contributed by atoms with Crippen LogP contribution in [0.2, 0.25) is 0 Å². The predicted molar refractivity (Wildman–Crippen MR) is 55.1 cm³/mol. The Labute approximate surface area is 76.9 Å². The first kappa shape index (κ1) is 11.5. The largest absolute Gasteiger partial charge is 0.315 e. The van der Waals surface area contributed by atoms with Crippen LogP contribution < -0.4 is 5.32 Å². The summed E-state index contributed by atoms with van der Waals surface area (Å²) in [6.07, 6.45) is 11.2. The van der Waals surface area contributed by atoms with Crippen molar-refractivity contribution in [1.29, 1.82) is 0 Å². The fourth-order valence-corrected chi connectivity index (χ4v) is 1.10. The van der Waals surface area contributed by atoms with Gasteiger partial charge in [0.15, 0.2) is 0 Å². The Morgan fingerprint density at radius 3 is 2.42 bits per heavy atom. The molecule has 0 heterocycles. The second kappa shape index (κ2) is 8.62. The first-order valence-electron chi connectivity index (χ1n) is 4.94.